The largest absolute Gasteiger partial charge is 0.497 e. The summed E-state index contributed by atoms with van der Waals surface area (Å²) in [6.07, 6.45) is 0. The van der Waals surface area contributed by atoms with E-state index in [1.165, 1.54) is 79.4 Å². The number of methoxy groups -OCH3 is 7. The van der Waals surface area contributed by atoms with Crippen molar-refractivity contribution < 1.29 is 99.9 Å². The van der Waals surface area contributed by atoms with Crippen molar-refractivity contribution in [3.05, 3.63) is 214 Å². The van der Waals surface area contributed by atoms with Crippen molar-refractivity contribution in [3.63, 3.8) is 0 Å². The number of rotatable bonds is 23. The van der Waals surface area contributed by atoms with Gasteiger partial charge in [-0.2, -0.15) is 0 Å². The van der Waals surface area contributed by atoms with Crippen molar-refractivity contribution in [2.24, 2.45) is 0 Å². The Morgan fingerprint density at radius 2 is 0.485 bits per heavy atom. The number of esters is 7. The van der Waals surface area contributed by atoms with E-state index in [2.05, 4.69) is 106 Å². The van der Waals surface area contributed by atoms with E-state index in [1.807, 2.05) is 133 Å². The molecule has 0 N–H and O–H groups in total. The highest BCUT2D eigenvalue weighted by Crippen LogP contribution is 2.36. The van der Waals surface area contributed by atoms with Crippen molar-refractivity contribution in [1.82, 2.24) is 0 Å². The van der Waals surface area contributed by atoms with Gasteiger partial charge >= 0.3 is 41.8 Å². The summed E-state index contributed by atoms with van der Waals surface area (Å²) in [4.78, 5) is 73.2. The van der Waals surface area contributed by atoms with Crippen molar-refractivity contribution in [1.29, 1.82) is 0 Å². The average molecular weight is 1370 g/mol. The first-order chi connectivity index (χ1) is 46.8. The van der Waals surface area contributed by atoms with Crippen LogP contribution in [0.15, 0.2) is 170 Å². The lowest BCUT2D eigenvalue weighted by molar-refractivity contribution is -0.152. The van der Waals surface area contributed by atoms with E-state index in [-0.39, 0.29) is 71.6 Å². The molecule has 7 aromatic carbocycles. The summed E-state index contributed by atoms with van der Waals surface area (Å²) in [5.41, 5.74) is 8.74. The Balaban J connectivity index is 0.000000603. The van der Waals surface area contributed by atoms with Crippen LogP contribution in [0.1, 0.15) is 135 Å². The van der Waals surface area contributed by atoms with Crippen LogP contribution in [0.2, 0.25) is 0 Å². The first-order valence-electron chi connectivity index (χ1n) is 31.2. The van der Waals surface area contributed by atoms with Gasteiger partial charge < -0.3 is 66.3 Å². The van der Waals surface area contributed by atoms with E-state index < -0.39 is 0 Å². The fourth-order valence-corrected chi connectivity index (χ4v) is 8.48. The quantitative estimate of drug-likeness (QED) is 0.0190. The highest BCUT2D eigenvalue weighted by molar-refractivity contribution is 5.70. The van der Waals surface area contributed by atoms with E-state index >= 15 is 0 Å². The zero-order chi connectivity index (χ0) is 74.6. The van der Waals surface area contributed by atoms with E-state index in [4.69, 9.17) is 37.9 Å². The zero-order valence-electron chi connectivity index (χ0n) is 61.0. The van der Waals surface area contributed by atoms with Gasteiger partial charge in [-0.25, -0.2) is 0 Å². The van der Waals surface area contributed by atoms with Gasteiger partial charge in [0.05, 0.1) is 34.5 Å². The van der Waals surface area contributed by atoms with Gasteiger partial charge in [0.15, 0.2) is 13.6 Å². The van der Waals surface area contributed by atoms with Crippen molar-refractivity contribution >= 4 is 41.8 Å². The Hall–Kier alpha value is -9.93. The van der Waals surface area contributed by atoms with Gasteiger partial charge in [0, 0.05) is 93.2 Å². The van der Waals surface area contributed by atoms with Crippen LogP contribution < -0.4 is 28.4 Å². The molecule has 0 heterocycles. The highest BCUT2D eigenvalue weighted by Gasteiger charge is 2.26. The summed E-state index contributed by atoms with van der Waals surface area (Å²) < 4.78 is 67.2. The number of benzene rings is 7. The molecule has 538 valence electrons. The van der Waals surface area contributed by atoms with Gasteiger partial charge in [-0.1, -0.05) is 139 Å². The molecule has 0 fully saturated rings. The molecular weight excluding hydrogens is 1270 g/mol. The van der Waals surface area contributed by atoms with Crippen LogP contribution in [0.3, 0.4) is 0 Å². The van der Waals surface area contributed by atoms with Gasteiger partial charge in [-0.05, 0) is 117 Å². The fourth-order valence-electron chi connectivity index (χ4n) is 8.48. The molecule has 0 radical (unpaired) electrons. The molecule has 0 bridgehead atoms. The molecule has 21 nitrogen and oxygen atoms in total. The topological polar surface area (TPSA) is 249 Å². The monoisotopic (exact) mass is 1370 g/mol. The van der Waals surface area contributed by atoms with Crippen molar-refractivity contribution in [2.75, 3.05) is 76.6 Å². The standard InChI is InChI=1S/3C18H20O3.C11H14O3.C5H10O3.2C4H8O3/c3*1-13(19)21-17-11-7-15(8-12-17)18(2,3)14-5-9-16(20-4)10-6-14;1-9(12)14-8-11-5-3-10(4-6-11)7-13-2;1-5(6)8-4-3-7-2;2*1-4(5)7-3-6-2/h3*5-12H,1-4H3;3-6H,7-8H2,1-2H3;3-4H2,1-2H3;2*3H2,1-2H3. The normalized spacial score (nSPS) is 10.3. The van der Waals surface area contributed by atoms with Gasteiger partial charge in [0.2, 0.25) is 0 Å². The lowest BCUT2D eigenvalue weighted by atomic mass is 9.78. The number of carbonyl (C=O) groups excluding carboxylic acids is 7. The number of ether oxygens (including phenoxy) is 14. The Morgan fingerprint density at radius 1 is 0.253 bits per heavy atom. The maximum Gasteiger partial charge on any atom is 0.308 e. The molecule has 0 saturated heterocycles. The first-order valence-corrected chi connectivity index (χ1v) is 31.2. The molecule has 0 aliphatic rings. The Kier molecular flexibility index (Phi) is 41.4. The predicted octanol–water partition coefficient (Wildman–Crippen LogP) is 14.2. The van der Waals surface area contributed by atoms with E-state index in [0.717, 1.165) is 45.1 Å². The average Bonchev–Trinajstić information content (AvgIpc) is 0.820. The molecule has 0 aromatic heterocycles. The Bertz CT molecular complexity index is 3160. The molecular formula is C78H100O21. The third-order valence-corrected chi connectivity index (χ3v) is 14.1. The van der Waals surface area contributed by atoms with Crippen molar-refractivity contribution in [3.8, 4) is 34.5 Å². The van der Waals surface area contributed by atoms with Gasteiger partial charge in [0.25, 0.3) is 0 Å². The minimum absolute atomic E-state index is 0.0509. The summed E-state index contributed by atoms with van der Waals surface area (Å²) in [7, 11) is 11.1. The zero-order valence-corrected chi connectivity index (χ0v) is 61.0. The van der Waals surface area contributed by atoms with Crippen LogP contribution in [0, 0.1) is 0 Å². The minimum Gasteiger partial charge on any atom is -0.497 e. The minimum atomic E-state index is -0.318. The Morgan fingerprint density at radius 3 is 0.667 bits per heavy atom. The summed E-state index contributed by atoms with van der Waals surface area (Å²) in [5.74, 6) is 2.16. The second kappa shape index (κ2) is 47.1. The summed E-state index contributed by atoms with van der Waals surface area (Å²) >= 11 is 0. The number of hydrogen-bond donors (Lipinski definition) is 0. The van der Waals surface area contributed by atoms with Crippen LogP contribution in [0.25, 0.3) is 0 Å². The molecule has 0 spiro atoms. The number of hydrogen-bond acceptors (Lipinski definition) is 21. The lowest BCUT2D eigenvalue weighted by Gasteiger charge is -2.26. The van der Waals surface area contributed by atoms with E-state index in [9.17, 15) is 33.6 Å². The Labute approximate surface area is 584 Å². The summed E-state index contributed by atoms with van der Waals surface area (Å²) in [6, 6.07) is 54.8. The van der Waals surface area contributed by atoms with Crippen LogP contribution in [-0.4, -0.2) is 118 Å². The lowest BCUT2D eigenvalue weighted by Crippen LogP contribution is -2.18. The predicted molar refractivity (Wildman–Crippen MR) is 377 cm³/mol. The molecule has 21 heteroatoms. The van der Waals surface area contributed by atoms with Crippen LogP contribution in [0.5, 0.6) is 34.5 Å². The smallest absolute Gasteiger partial charge is 0.308 e. The highest BCUT2D eigenvalue weighted by atomic mass is 16.7. The second-order valence-corrected chi connectivity index (χ2v) is 22.9. The molecule has 0 saturated carbocycles. The molecule has 0 aliphatic heterocycles. The third-order valence-electron chi connectivity index (χ3n) is 14.1. The molecule has 0 amide bonds. The van der Waals surface area contributed by atoms with Crippen molar-refractivity contribution in [2.45, 2.75) is 119 Å². The molecule has 99 heavy (non-hydrogen) atoms. The molecule has 7 aromatic rings. The fraction of sp³-hybridized carbons (Fsp3) is 0.372. The maximum atomic E-state index is 10.9. The van der Waals surface area contributed by atoms with Gasteiger partial charge in [-0.3, -0.25) is 33.6 Å². The van der Waals surface area contributed by atoms with Crippen LogP contribution in [0.4, 0.5) is 0 Å². The molecule has 7 rings (SSSR count). The number of carbonyl (C=O) groups is 7. The van der Waals surface area contributed by atoms with Gasteiger partial charge in [-0.15, -0.1) is 0 Å². The second-order valence-electron chi connectivity index (χ2n) is 22.9. The summed E-state index contributed by atoms with van der Waals surface area (Å²) in [5, 5.41) is 0. The molecule has 0 aliphatic carbocycles. The van der Waals surface area contributed by atoms with Crippen LogP contribution >= 0.6 is 0 Å². The first kappa shape index (κ1) is 87.1. The molecule has 0 atom stereocenters. The SMILES string of the molecule is COCCOC(C)=O.COCOC(C)=O.COCOC(C)=O.COCc1ccc(COC(C)=O)cc1.COc1ccc(C(C)(C)c2ccc(OC(C)=O)cc2)cc1.COc1ccc(C(C)(C)c2ccc(OC(C)=O)cc2)cc1.COc1ccc(C(C)(C)c2ccc(OC(C)=O)cc2)cc1. The van der Waals surface area contributed by atoms with E-state index in [1.54, 1.807) is 35.5 Å². The van der Waals surface area contributed by atoms with E-state index in [0.29, 0.717) is 43.7 Å². The third kappa shape index (κ3) is 35.8. The van der Waals surface area contributed by atoms with Crippen LogP contribution in [-0.2, 0) is 101 Å². The summed E-state index contributed by atoms with van der Waals surface area (Å²) in [6.45, 7) is 24.5. The molecule has 0 unspecified atom stereocenters. The maximum absolute atomic E-state index is 10.9. The van der Waals surface area contributed by atoms with Gasteiger partial charge in [0.1, 0.15) is 47.7 Å².